The van der Waals surface area contributed by atoms with Crippen LogP contribution in [0.25, 0.3) is 10.8 Å². The number of benzene rings is 1. The summed E-state index contributed by atoms with van der Waals surface area (Å²) in [6.07, 6.45) is 17.0. The molecular weight excluding hydrogens is 485 g/mol. The highest BCUT2D eigenvalue weighted by molar-refractivity contribution is 5.92. The molecule has 1 unspecified atom stereocenters. The van der Waals surface area contributed by atoms with Crippen LogP contribution in [0.2, 0.25) is 0 Å². The van der Waals surface area contributed by atoms with E-state index in [1.165, 1.54) is 12.2 Å². The summed E-state index contributed by atoms with van der Waals surface area (Å²) in [7, 11) is 2.02. The Morgan fingerprint density at radius 2 is 2.03 bits per heavy atom. The lowest BCUT2D eigenvalue weighted by molar-refractivity contribution is -0.0884. The number of hydrogen-bond acceptors (Lipinski definition) is 4. The predicted molar refractivity (Wildman–Crippen MR) is 150 cm³/mol. The number of anilines is 1. The van der Waals surface area contributed by atoms with Crippen molar-refractivity contribution in [3.63, 3.8) is 0 Å². The third kappa shape index (κ3) is 8.28. The van der Waals surface area contributed by atoms with Crippen molar-refractivity contribution in [2.24, 2.45) is 0 Å². The maximum absolute atomic E-state index is 13.5. The molecule has 1 aliphatic heterocycles. The number of nitriles is 1. The van der Waals surface area contributed by atoms with E-state index in [1.54, 1.807) is 31.3 Å². The molecule has 2 aromatic rings. The van der Waals surface area contributed by atoms with Gasteiger partial charge < -0.3 is 10.2 Å². The van der Waals surface area contributed by atoms with Gasteiger partial charge in [-0.15, -0.1) is 12.8 Å². The second-order valence-corrected chi connectivity index (χ2v) is 8.94. The highest BCUT2D eigenvalue weighted by atomic mass is 19.4. The number of likely N-dealkylation sites (N-methyl/N-ethyl adjacent to an activating group) is 1. The standard InChI is InChI=1S/C29H33F3N4.C2H2/c1-4-8-21(18-24(9-5-2)29(30,31)32)12-14-27-26(10-6-7-17-36(27)3)35-28-25-19-22(20-33)11-13-23(25)15-16-34-28;1-2/h4,8-9,11,13-16,18-19,26H,5-7,10,12,17H2,1-3H3,(H,34,35);1-2H/b8-4-,21-18+,24-9-,27-14-;. The summed E-state index contributed by atoms with van der Waals surface area (Å²) in [5.41, 5.74) is 1.58. The molecule has 0 radical (unpaired) electrons. The summed E-state index contributed by atoms with van der Waals surface area (Å²) < 4.78 is 40.5. The zero-order chi connectivity index (χ0) is 28.1. The van der Waals surface area contributed by atoms with Gasteiger partial charge in [-0.3, -0.25) is 0 Å². The van der Waals surface area contributed by atoms with E-state index in [0.717, 1.165) is 42.3 Å². The van der Waals surface area contributed by atoms with Crippen LogP contribution in [0, 0.1) is 24.2 Å². The summed E-state index contributed by atoms with van der Waals surface area (Å²) in [6, 6.07) is 9.57. The van der Waals surface area contributed by atoms with Gasteiger partial charge in [0.1, 0.15) is 5.82 Å². The van der Waals surface area contributed by atoms with Gasteiger partial charge in [0.2, 0.25) is 0 Å². The molecule has 200 valence electrons. The van der Waals surface area contributed by atoms with Gasteiger partial charge in [0.25, 0.3) is 0 Å². The van der Waals surface area contributed by atoms with Crippen molar-refractivity contribution in [2.75, 3.05) is 18.9 Å². The molecule has 1 aromatic carbocycles. The van der Waals surface area contributed by atoms with Gasteiger partial charge in [0.15, 0.2) is 0 Å². The first-order valence-corrected chi connectivity index (χ1v) is 12.7. The number of nitrogens with zero attached hydrogens (tertiary/aromatic N) is 3. The molecule has 0 amide bonds. The third-order valence-corrected chi connectivity index (χ3v) is 6.26. The smallest absolute Gasteiger partial charge is 0.376 e. The lowest BCUT2D eigenvalue weighted by Crippen LogP contribution is -2.30. The van der Waals surface area contributed by atoms with Gasteiger partial charge in [-0.2, -0.15) is 18.4 Å². The number of rotatable bonds is 7. The summed E-state index contributed by atoms with van der Waals surface area (Å²) in [4.78, 5) is 6.73. The Morgan fingerprint density at radius 3 is 2.68 bits per heavy atom. The van der Waals surface area contributed by atoms with Gasteiger partial charge in [0.05, 0.1) is 23.2 Å². The fourth-order valence-corrected chi connectivity index (χ4v) is 4.49. The monoisotopic (exact) mass is 520 g/mol. The Balaban J connectivity index is 0.00000247. The Labute approximate surface area is 224 Å². The van der Waals surface area contributed by atoms with Crippen LogP contribution in [0.5, 0.6) is 0 Å². The number of pyridine rings is 1. The van der Waals surface area contributed by atoms with E-state index in [0.29, 0.717) is 29.8 Å². The van der Waals surface area contributed by atoms with E-state index in [4.69, 9.17) is 0 Å². The molecule has 0 spiro atoms. The van der Waals surface area contributed by atoms with E-state index >= 15 is 0 Å². The number of terminal acetylenes is 1. The largest absolute Gasteiger partial charge is 0.416 e. The maximum Gasteiger partial charge on any atom is 0.416 e. The number of aromatic nitrogens is 1. The van der Waals surface area contributed by atoms with Crippen LogP contribution in [0.1, 0.15) is 51.5 Å². The zero-order valence-electron chi connectivity index (χ0n) is 22.2. The number of halogens is 3. The third-order valence-electron chi connectivity index (χ3n) is 6.26. The number of likely N-dealkylation sites (tertiary alicyclic amines) is 1. The molecule has 1 fully saturated rings. The molecule has 1 aliphatic rings. The molecule has 0 aliphatic carbocycles. The highest BCUT2D eigenvalue weighted by Crippen LogP contribution is 2.31. The quantitative estimate of drug-likeness (QED) is 0.298. The summed E-state index contributed by atoms with van der Waals surface area (Å²) in [5, 5.41) is 14.8. The van der Waals surface area contributed by atoms with E-state index in [-0.39, 0.29) is 6.04 Å². The van der Waals surface area contributed by atoms with Crippen LogP contribution in [-0.4, -0.2) is 35.7 Å². The molecule has 2 heterocycles. The SMILES string of the molecule is C#C.C\C=C/C(=C\C(=C\CC)C(F)(F)F)C/C=C1/C(Nc2nccc3ccc(C#N)cc23)CCCCN1C. The van der Waals surface area contributed by atoms with Crippen molar-refractivity contribution in [1.29, 1.82) is 5.26 Å². The predicted octanol–water partition coefficient (Wildman–Crippen LogP) is 7.93. The van der Waals surface area contributed by atoms with Crippen molar-refractivity contribution in [3.8, 4) is 18.9 Å². The molecule has 0 saturated carbocycles. The summed E-state index contributed by atoms with van der Waals surface area (Å²) in [6.45, 7) is 4.38. The number of fused-ring (bicyclic) bond motifs is 1. The fraction of sp³-hybridized carbons (Fsp3) is 0.355. The van der Waals surface area contributed by atoms with E-state index in [9.17, 15) is 18.4 Å². The van der Waals surface area contributed by atoms with Crippen LogP contribution in [0.15, 0.2) is 77.7 Å². The fourth-order valence-electron chi connectivity index (χ4n) is 4.49. The van der Waals surface area contributed by atoms with Gasteiger partial charge in [-0.05, 0) is 74.3 Å². The average Bonchev–Trinajstić information content (AvgIpc) is 3.08. The Bertz CT molecular complexity index is 1260. The molecule has 1 N–H and O–H groups in total. The Morgan fingerprint density at radius 1 is 1.26 bits per heavy atom. The topological polar surface area (TPSA) is 52.0 Å². The van der Waals surface area contributed by atoms with Crippen molar-refractivity contribution in [1.82, 2.24) is 9.88 Å². The normalized spacial score (nSPS) is 18.1. The minimum atomic E-state index is -4.39. The number of allylic oxidation sites excluding steroid dienone is 7. The highest BCUT2D eigenvalue weighted by Gasteiger charge is 2.31. The second kappa shape index (κ2) is 14.7. The van der Waals surface area contributed by atoms with Crippen molar-refractivity contribution < 1.29 is 13.2 Å². The first-order valence-electron chi connectivity index (χ1n) is 12.7. The first-order chi connectivity index (χ1) is 18.3. The maximum atomic E-state index is 13.5. The molecule has 3 rings (SSSR count). The van der Waals surface area contributed by atoms with Gasteiger partial charge in [-0.1, -0.05) is 37.3 Å². The molecule has 1 saturated heterocycles. The molecule has 0 bridgehead atoms. The summed E-state index contributed by atoms with van der Waals surface area (Å²) in [5.74, 6) is 0.699. The van der Waals surface area contributed by atoms with Gasteiger partial charge in [-0.25, -0.2) is 4.98 Å². The molecule has 1 atom stereocenters. The number of hydrogen-bond donors (Lipinski definition) is 1. The molecular formula is C31H35F3N4. The lowest BCUT2D eigenvalue weighted by Gasteiger charge is -2.28. The Hall–Kier alpha value is -3.97. The van der Waals surface area contributed by atoms with Crippen LogP contribution in [0.4, 0.5) is 19.0 Å². The van der Waals surface area contributed by atoms with E-state index in [1.807, 2.05) is 38.2 Å². The van der Waals surface area contributed by atoms with Crippen LogP contribution < -0.4 is 5.32 Å². The summed E-state index contributed by atoms with van der Waals surface area (Å²) >= 11 is 0. The van der Waals surface area contributed by atoms with Crippen LogP contribution >= 0.6 is 0 Å². The number of alkyl halides is 3. The van der Waals surface area contributed by atoms with E-state index < -0.39 is 11.7 Å². The van der Waals surface area contributed by atoms with Crippen LogP contribution in [0.3, 0.4) is 0 Å². The van der Waals surface area contributed by atoms with Crippen molar-refractivity contribution >= 4 is 16.6 Å². The first kappa shape index (κ1) is 30.3. The van der Waals surface area contributed by atoms with E-state index in [2.05, 4.69) is 34.1 Å². The molecule has 4 nitrogen and oxygen atoms in total. The lowest BCUT2D eigenvalue weighted by atomic mass is 10.0. The zero-order valence-corrected chi connectivity index (χ0v) is 22.2. The Kier molecular flexibility index (Phi) is 11.7. The van der Waals surface area contributed by atoms with Crippen LogP contribution in [-0.2, 0) is 0 Å². The minimum Gasteiger partial charge on any atom is -0.376 e. The molecule has 38 heavy (non-hydrogen) atoms. The van der Waals surface area contributed by atoms with Gasteiger partial charge in [0, 0.05) is 30.9 Å². The molecule has 7 heteroatoms. The minimum absolute atomic E-state index is 0.0542. The van der Waals surface area contributed by atoms with Crippen molar-refractivity contribution in [2.45, 2.75) is 58.2 Å². The average molecular weight is 521 g/mol. The second-order valence-electron chi connectivity index (χ2n) is 8.94. The van der Waals surface area contributed by atoms with Crippen molar-refractivity contribution in [3.05, 3.63) is 83.2 Å². The van der Waals surface area contributed by atoms with Gasteiger partial charge >= 0.3 is 6.18 Å². The molecule has 1 aromatic heterocycles. The number of nitrogens with one attached hydrogen (secondary N) is 1.